The molecule has 2 aromatic heterocycles. The van der Waals surface area contributed by atoms with Gasteiger partial charge in [0.25, 0.3) is 0 Å². The van der Waals surface area contributed by atoms with Crippen molar-refractivity contribution in [2.75, 3.05) is 30.9 Å². The first-order chi connectivity index (χ1) is 15.3. The first-order valence-electron chi connectivity index (χ1n) is 10.1. The summed E-state index contributed by atoms with van der Waals surface area (Å²) < 4.78 is 44.8. The topological polar surface area (TPSA) is 114 Å². The van der Waals surface area contributed by atoms with Crippen molar-refractivity contribution >= 4 is 37.2 Å². The van der Waals surface area contributed by atoms with Gasteiger partial charge in [-0.25, -0.2) is 22.3 Å². The summed E-state index contributed by atoms with van der Waals surface area (Å²) in [5.74, 6) is -2.01. The van der Waals surface area contributed by atoms with Crippen molar-refractivity contribution < 1.29 is 27.4 Å². The SMILES string of the molecule is COc1cc(F)ccc1-c1cnc2sc(N3CCC4(CC3)C(C(=O)O)CCS4(=O)=O)nn12. The number of piperidine rings is 1. The molecular weight excluding hydrogens is 459 g/mol. The molecule has 0 aliphatic carbocycles. The van der Waals surface area contributed by atoms with Crippen LogP contribution in [-0.4, -0.2) is 64.8 Å². The maximum Gasteiger partial charge on any atom is 0.308 e. The van der Waals surface area contributed by atoms with Gasteiger partial charge in [-0.15, -0.1) is 5.10 Å². The summed E-state index contributed by atoms with van der Waals surface area (Å²) in [4.78, 5) is 18.7. The van der Waals surface area contributed by atoms with Crippen LogP contribution >= 0.6 is 11.3 Å². The summed E-state index contributed by atoms with van der Waals surface area (Å²) in [6.45, 7) is 0.795. The molecular formula is C20H21FN4O5S2. The number of rotatable bonds is 4. The van der Waals surface area contributed by atoms with E-state index >= 15 is 0 Å². The van der Waals surface area contributed by atoms with E-state index in [1.807, 2.05) is 4.90 Å². The number of aliphatic carboxylic acids is 1. The Kier molecular flexibility index (Phi) is 4.89. The number of fused-ring (bicyclic) bond motifs is 1. The third-order valence-electron chi connectivity index (χ3n) is 6.62. The lowest BCUT2D eigenvalue weighted by Gasteiger charge is -2.40. The number of methoxy groups -OCH3 is 1. The van der Waals surface area contributed by atoms with E-state index in [2.05, 4.69) is 10.1 Å². The summed E-state index contributed by atoms with van der Waals surface area (Å²) in [6, 6.07) is 4.25. The van der Waals surface area contributed by atoms with Crippen LogP contribution in [0.2, 0.25) is 0 Å². The van der Waals surface area contributed by atoms with Gasteiger partial charge in [-0.3, -0.25) is 4.79 Å². The quantitative estimate of drug-likeness (QED) is 0.606. The Bertz CT molecular complexity index is 1310. The van der Waals surface area contributed by atoms with E-state index in [1.54, 1.807) is 16.8 Å². The van der Waals surface area contributed by atoms with Gasteiger partial charge in [-0.1, -0.05) is 11.3 Å². The van der Waals surface area contributed by atoms with Crippen LogP contribution in [0, 0.1) is 11.7 Å². The van der Waals surface area contributed by atoms with E-state index in [0.717, 1.165) is 0 Å². The highest BCUT2D eigenvalue weighted by Gasteiger charge is 2.58. The Labute approximate surface area is 187 Å². The van der Waals surface area contributed by atoms with Gasteiger partial charge in [-0.2, -0.15) is 0 Å². The molecule has 0 radical (unpaired) electrons. The smallest absolute Gasteiger partial charge is 0.308 e. The second-order valence-corrected chi connectivity index (χ2v) is 11.5. The van der Waals surface area contributed by atoms with Crippen molar-refractivity contribution in [3.05, 3.63) is 30.2 Å². The fraction of sp³-hybridized carbons (Fsp3) is 0.450. The zero-order valence-electron chi connectivity index (χ0n) is 17.2. The van der Waals surface area contributed by atoms with Gasteiger partial charge >= 0.3 is 5.97 Å². The molecule has 32 heavy (non-hydrogen) atoms. The van der Waals surface area contributed by atoms with E-state index in [9.17, 15) is 22.7 Å². The molecule has 1 aromatic carbocycles. The van der Waals surface area contributed by atoms with E-state index < -0.39 is 32.3 Å². The van der Waals surface area contributed by atoms with Crippen molar-refractivity contribution in [1.29, 1.82) is 0 Å². The minimum atomic E-state index is -3.46. The highest BCUT2D eigenvalue weighted by atomic mass is 32.2. The molecule has 1 atom stereocenters. The van der Waals surface area contributed by atoms with Gasteiger partial charge in [0, 0.05) is 24.7 Å². The number of hydrogen-bond acceptors (Lipinski definition) is 8. The molecule has 1 N–H and O–H groups in total. The number of carbonyl (C=O) groups is 1. The second kappa shape index (κ2) is 7.41. The molecule has 0 amide bonds. The maximum absolute atomic E-state index is 13.6. The third kappa shape index (κ3) is 3.07. The average Bonchev–Trinajstić information content (AvgIpc) is 3.41. The number of halogens is 1. The number of imidazole rings is 1. The number of ether oxygens (including phenoxy) is 1. The maximum atomic E-state index is 13.6. The first-order valence-corrected chi connectivity index (χ1v) is 12.6. The zero-order valence-corrected chi connectivity index (χ0v) is 18.8. The summed E-state index contributed by atoms with van der Waals surface area (Å²) in [5.41, 5.74) is 1.30. The molecule has 2 aliphatic rings. The highest BCUT2D eigenvalue weighted by molar-refractivity contribution is 7.93. The van der Waals surface area contributed by atoms with Gasteiger partial charge in [0.05, 0.1) is 35.4 Å². The van der Waals surface area contributed by atoms with Crippen molar-refractivity contribution in [1.82, 2.24) is 14.6 Å². The second-order valence-electron chi connectivity index (χ2n) is 8.12. The number of hydrogen-bond donors (Lipinski definition) is 1. The van der Waals surface area contributed by atoms with Crippen LogP contribution < -0.4 is 9.64 Å². The Hall–Kier alpha value is -2.73. The van der Waals surface area contributed by atoms with Gasteiger partial charge in [-0.05, 0) is 31.4 Å². The van der Waals surface area contributed by atoms with Gasteiger partial charge in [0.2, 0.25) is 10.1 Å². The minimum absolute atomic E-state index is 0.0715. The fourth-order valence-electron chi connectivity index (χ4n) is 4.91. The number of sulfone groups is 1. The van der Waals surface area contributed by atoms with E-state index in [1.165, 1.54) is 30.6 Å². The lowest BCUT2D eigenvalue weighted by atomic mass is 9.82. The minimum Gasteiger partial charge on any atom is -0.496 e. The molecule has 4 heterocycles. The third-order valence-corrected chi connectivity index (χ3v) is 10.3. The van der Waals surface area contributed by atoms with Crippen LogP contribution in [0.3, 0.4) is 0 Å². The van der Waals surface area contributed by atoms with Crippen LogP contribution in [0.25, 0.3) is 16.2 Å². The van der Waals surface area contributed by atoms with Crippen molar-refractivity contribution in [3.63, 3.8) is 0 Å². The van der Waals surface area contributed by atoms with Crippen LogP contribution in [0.4, 0.5) is 9.52 Å². The number of carboxylic acids is 1. The summed E-state index contributed by atoms with van der Waals surface area (Å²) >= 11 is 1.36. The number of carboxylic acid groups (broad SMARTS) is 1. The van der Waals surface area contributed by atoms with Gasteiger partial charge in [0.1, 0.15) is 11.6 Å². The predicted octanol–water partition coefficient (Wildman–Crippen LogP) is 2.46. The van der Waals surface area contributed by atoms with Crippen LogP contribution in [0.1, 0.15) is 19.3 Å². The lowest BCUT2D eigenvalue weighted by molar-refractivity contribution is -0.143. The number of benzene rings is 1. The highest BCUT2D eigenvalue weighted by Crippen LogP contribution is 2.46. The molecule has 5 rings (SSSR count). The fourth-order valence-corrected chi connectivity index (χ4v) is 8.25. The molecule has 9 nitrogen and oxygen atoms in total. The average molecular weight is 481 g/mol. The molecule has 12 heteroatoms. The normalized spacial score (nSPS) is 21.9. The monoisotopic (exact) mass is 480 g/mol. The Morgan fingerprint density at radius 3 is 2.78 bits per heavy atom. The Morgan fingerprint density at radius 2 is 2.09 bits per heavy atom. The van der Waals surface area contributed by atoms with Crippen molar-refractivity contribution in [3.8, 4) is 17.0 Å². The molecule has 2 saturated heterocycles. The summed E-state index contributed by atoms with van der Waals surface area (Å²) in [5, 5.41) is 14.9. The van der Waals surface area contributed by atoms with Crippen LogP contribution in [0.15, 0.2) is 24.4 Å². The lowest BCUT2D eigenvalue weighted by Crippen LogP contribution is -2.52. The molecule has 1 spiro atoms. The Balaban J connectivity index is 1.44. The molecule has 2 aliphatic heterocycles. The summed E-state index contributed by atoms with van der Waals surface area (Å²) in [7, 11) is -2.00. The van der Waals surface area contributed by atoms with E-state index in [4.69, 9.17) is 4.74 Å². The predicted molar refractivity (Wildman–Crippen MR) is 117 cm³/mol. The molecule has 1 unspecified atom stereocenters. The molecule has 170 valence electrons. The zero-order chi connectivity index (χ0) is 22.7. The van der Waals surface area contributed by atoms with Crippen molar-refractivity contribution in [2.24, 2.45) is 5.92 Å². The van der Waals surface area contributed by atoms with E-state index in [0.29, 0.717) is 40.2 Å². The molecule has 0 saturated carbocycles. The first kappa shape index (κ1) is 21.1. The van der Waals surface area contributed by atoms with E-state index in [-0.39, 0.29) is 25.0 Å². The number of nitrogens with zero attached hydrogens (tertiary/aromatic N) is 4. The molecule has 3 aromatic rings. The standard InChI is InChI=1S/C20H21FN4O5S2/c1-30-16-10-12(21)2-3-13(16)15-11-22-18-25(15)23-19(31-18)24-7-5-20(6-8-24)14(17(26)27)4-9-32(20,28)29/h2-3,10-11,14H,4-9H2,1H3,(H,26,27). The number of anilines is 1. The van der Waals surface area contributed by atoms with Crippen LogP contribution in [0.5, 0.6) is 5.75 Å². The van der Waals surface area contributed by atoms with Gasteiger partial charge in [0.15, 0.2) is 9.84 Å². The van der Waals surface area contributed by atoms with Crippen molar-refractivity contribution in [2.45, 2.75) is 24.0 Å². The largest absolute Gasteiger partial charge is 0.496 e. The Morgan fingerprint density at radius 1 is 1.34 bits per heavy atom. The van der Waals surface area contributed by atoms with Gasteiger partial charge < -0.3 is 14.7 Å². The number of aromatic nitrogens is 3. The molecule has 2 fully saturated rings. The van der Waals surface area contributed by atoms with Crippen LogP contribution in [-0.2, 0) is 14.6 Å². The molecule has 0 bridgehead atoms. The summed E-state index contributed by atoms with van der Waals surface area (Å²) in [6.07, 6.45) is 2.33.